The fraction of sp³-hybridized carbons (Fsp3) is 0.182. The Morgan fingerprint density at radius 1 is 1.08 bits per heavy atom. The van der Waals surface area contributed by atoms with Crippen molar-refractivity contribution in [2.24, 2.45) is 0 Å². The number of nitrogens with zero attached hydrogens (tertiary/aromatic N) is 1. The third-order valence-corrected chi connectivity index (χ3v) is 3.97. The van der Waals surface area contributed by atoms with Gasteiger partial charge < -0.3 is 14.4 Å². The molecule has 3 heteroatoms. The number of ether oxygens (including phenoxy) is 2. The van der Waals surface area contributed by atoms with Crippen molar-refractivity contribution in [1.82, 2.24) is 4.90 Å². The number of hydrogen-bond acceptors (Lipinski definition) is 3. The van der Waals surface area contributed by atoms with Crippen LogP contribution in [0.5, 0.6) is 5.75 Å². The predicted octanol–water partition coefficient (Wildman–Crippen LogP) is 5.02. The number of likely N-dealkylation sites (N-methyl/N-ethyl adjacent to an activating group) is 1. The van der Waals surface area contributed by atoms with Crippen molar-refractivity contribution in [1.29, 1.82) is 0 Å². The Morgan fingerprint density at radius 2 is 1.76 bits per heavy atom. The molecular weight excluding hydrogens is 310 g/mol. The highest BCUT2D eigenvalue weighted by Crippen LogP contribution is 2.25. The van der Waals surface area contributed by atoms with Gasteiger partial charge >= 0.3 is 0 Å². The maximum atomic E-state index is 5.32. The lowest BCUT2D eigenvalue weighted by molar-refractivity contribution is 0.305. The molecule has 2 aromatic rings. The van der Waals surface area contributed by atoms with Gasteiger partial charge in [0.2, 0.25) is 0 Å². The van der Waals surface area contributed by atoms with Gasteiger partial charge in [-0.1, -0.05) is 43.5 Å². The van der Waals surface area contributed by atoms with Crippen molar-refractivity contribution in [2.45, 2.75) is 6.54 Å². The van der Waals surface area contributed by atoms with Crippen LogP contribution in [-0.4, -0.2) is 26.2 Å². The van der Waals surface area contributed by atoms with Crippen molar-refractivity contribution >= 4 is 0 Å². The van der Waals surface area contributed by atoms with E-state index in [9.17, 15) is 0 Å². The van der Waals surface area contributed by atoms with Gasteiger partial charge in [-0.2, -0.15) is 0 Å². The summed E-state index contributed by atoms with van der Waals surface area (Å²) in [4.78, 5) is 2.11. The molecule has 0 aliphatic heterocycles. The lowest BCUT2D eigenvalue weighted by atomic mass is 10.0. The summed E-state index contributed by atoms with van der Waals surface area (Å²) in [6.45, 7) is 8.47. The van der Waals surface area contributed by atoms with Crippen LogP contribution in [0.15, 0.2) is 85.3 Å². The third kappa shape index (κ3) is 5.01. The highest BCUT2D eigenvalue weighted by atomic mass is 16.5. The summed E-state index contributed by atoms with van der Waals surface area (Å²) in [7, 11) is 5.31. The van der Waals surface area contributed by atoms with Gasteiger partial charge in [0, 0.05) is 25.4 Å². The summed E-state index contributed by atoms with van der Waals surface area (Å²) >= 11 is 0. The largest absolute Gasteiger partial charge is 0.497 e. The van der Waals surface area contributed by atoms with E-state index in [1.54, 1.807) is 20.3 Å². The molecule has 2 rings (SSSR count). The van der Waals surface area contributed by atoms with Gasteiger partial charge in [0.15, 0.2) is 0 Å². The Balaban J connectivity index is 2.22. The standard InChI is InChI=1S/C22H25NO2/c1-6-21(13-17(2)24-4)23(3)16-18-9-7-10-19(14-18)20-11-8-12-22(15-20)25-5/h6-15H,1-2,16H2,3-5H3/b21-13+. The molecule has 25 heavy (non-hydrogen) atoms. The van der Waals surface area contributed by atoms with Crippen LogP contribution >= 0.6 is 0 Å². The van der Waals surface area contributed by atoms with Crippen molar-refractivity contribution < 1.29 is 9.47 Å². The zero-order valence-corrected chi connectivity index (χ0v) is 15.2. The van der Waals surface area contributed by atoms with Crippen LogP contribution in [0.1, 0.15) is 5.56 Å². The van der Waals surface area contributed by atoms with Gasteiger partial charge in [-0.25, -0.2) is 0 Å². The molecule has 0 aliphatic rings. The van der Waals surface area contributed by atoms with Gasteiger partial charge in [0.1, 0.15) is 11.5 Å². The van der Waals surface area contributed by atoms with E-state index in [-0.39, 0.29) is 0 Å². The summed E-state index contributed by atoms with van der Waals surface area (Å²) < 4.78 is 10.4. The van der Waals surface area contributed by atoms with E-state index in [0.29, 0.717) is 5.76 Å². The van der Waals surface area contributed by atoms with Gasteiger partial charge in [-0.15, -0.1) is 0 Å². The molecular formula is C22H25NO2. The van der Waals surface area contributed by atoms with E-state index in [1.165, 1.54) is 5.56 Å². The van der Waals surface area contributed by atoms with Crippen molar-refractivity contribution in [2.75, 3.05) is 21.3 Å². The van der Waals surface area contributed by atoms with E-state index in [0.717, 1.165) is 29.1 Å². The Hall–Kier alpha value is -2.94. The molecule has 0 fully saturated rings. The molecule has 0 aliphatic carbocycles. The molecule has 0 aromatic heterocycles. The second-order valence-corrected chi connectivity index (χ2v) is 5.73. The SMILES string of the molecule is C=C/C(=C\C(=C)OC)N(C)Cc1cccc(-c2cccc(OC)c2)c1. The van der Waals surface area contributed by atoms with Gasteiger partial charge in [-0.05, 0) is 41.0 Å². The average Bonchev–Trinajstić information content (AvgIpc) is 2.65. The van der Waals surface area contributed by atoms with Gasteiger partial charge in [-0.3, -0.25) is 0 Å². The van der Waals surface area contributed by atoms with E-state index in [2.05, 4.69) is 48.4 Å². The third-order valence-electron chi connectivity index (χ3n) is 3.97. The fourth-order valence-corrected chi connectivity index (χ4v) is 2.57. The lowest BCUT2D eigenvalue weighted by Gasteiger charge is -2.21. The number of methoxy groups -OCH3 is 2. The molecule has 2 aromatic carbocycles. The van der Waals surface area contributed by atoms with Crippen LogP contribution < -0.4 is 4.74 Å². The Kier molecular flexibility index (Phi) is 6.47. The zero-order valence-electron chi connectivity index (χ0n) is 15.2. The van der Waals surface area contributed by atoms with Crippen LogP contribution in [-0.2, 0) is 11.3 Å². The van der Waals surface area contributed by atoms with Gasteiger partial charge in [0.25, 0.3) is 0 Å². The first-order valence-corrected chi connectivity index (χ1v) is 8.09. The van der Waals surface area contributed by atoms with Crippen LogP contribution in [0.3, 0.4) is 0 Å². The maximum absolute atomic E-state index is 5.32. The summed E-state index contributed by atoms with van der Waals surface area (Å²) in [5.41, 5.74) is 4.46. The van der Waals surface area contributed by atoms with E-state index in [1.807, 2.05) is 31.3 Å². The molecule has 0 saturated heterocycles. The predicted molar refractivity (Wildman–Crippen MR) is 104 cm³/mol. The highest BCUT2D eigenvalue weighted by molar-refractivity contribution is 5.65. The van der Waals surface area contributed by atoms with E-state index in [4.69, 9.17) is 9.47 Å². The molecule has 0 radical (unpaired) electrons. The minimum absolute atomic E-state index is 0.604. The first-order valence-electron chi connectivity index (χ1n) is 8.09. The molecule has 130 valence electrons. The first kappa shape index (κ1) is 18.4. The zero-order chi connectivity index (χ0) is 18.2. The minimum Gasteiger partial charge on any atom is -0.497 e. The first-order chi connectivity index (χ1) is 12.1. The topological polar surface area (TPSA) is 21.7 Å². The summed E-state index contributed by atoms with van der Waals surface area (Å²) in [5, 5.41) is 0. The van der Waals surface area contributed by atoms with Crippen LogP contribution in [0, 0.1) is 0 Å². The molecule has 3 nitrogen and oxygen atoms in total. The summed E-state index contributed by atoms with van der Waals surface area (Å²) in [6.07, 6.45) is 3.68. The van der Waals surface area contributed by atoms with Crippen LogP contribution in [0.4, 0.5) is 0 Å². The molecule has 0 bridgehead atoms. The highest BCUT2D eigenvalue weighted by Gasteiger charge is 2.06. The quantitative estimate of drug-likeness (QED) is 0.499. The molecule has 0 saturated carbocycles. The van der Waals surface area contributed by atoms with Gasteiger partial charge in [0.05, 0.1) is 14.2 Å². The number of rotatable bonds is 8. The fourth-order valence-electron chi connectivity index (χ4n) is 2.57. The van der Waals surface area contributed by atoms with E-state index < -0.39 is 0 Å². The Labute approximate surface area is 150 Å². The molecule has 0 unspecified atom stereocenters. The molecule has 0 spiro atoms. The smallest absolute Gasteiger partial charge is 0.119 e. The van der Waals surface area contributed by atoms with Crippen molar-refractivity contribution in [3.05, 3.63) is 90.9 Å². The van der Waals surface area contributed by atoms with Crippen molar-refractivity contribution in [3.63, 3.8) is 0 Å². The number of benzene rings is 2. The van der Waals surface area contributed by atoms with E-state index >= 15 is 0 Å². The summed E-state index contributed by atoms with van der Waals surface area (Å²) in [5.74, 6) is 1.46. The molecule has 0 heterocycles. The van der Waals surface area contributed by atoms with Crippen LogP contribution in [0.25, 0.3) is 11.1 Å². The van der Waals surface area contributed by atoms with Crippen molar-refractivity contribution in [3.8, 4) is 16.9 Å². The lowest BCUT2D eigenvalue weighted by Crippen LogP contribution is -2.16. The summed E-state index contributed by atoms with van der Waals surface area (Å²) in [6, 6.07) is 16.6. The second-order valence-electron chi connectivity index (χ2n) is 5.73. The molecule has 0 atom stereocenters. The minimum atomic E-state index is 0.604. The molecule has 0 amide bonds. The number of allylic oxidation sites excluding steroid dienone is 2. The van der Waals surface area contributed by atoms with Crippen LogP contribution in [0.2, 0.25) is 0 Å². The number of hydrogen-bond donors (Lipinski definition) is 0. The Bertz CT molecular complexity index is 777. The molecule has 0 N–H and O–H groups in total. The monoisotopic (exact) mass is 335 g/mol. The average molecular weight is 335 g/mol. The normalized spacial score (nSPS) is 10.9. The Morgan fingerprint density at radius 3 is 2.40 bits per heavy atom. The maximum Gasteiger partial charge on any atom is 0.119 e. The second kappa shape index (κ2) is 8.78.